The van der Waals surface area contributed by atoms with E-state index in [1.54, 1.807) is 14.2 Å². The molecule has 1 aromatic carbocycles. The molecule has 6 nitrogen and oxygen atoms in total. The van der Waals surface area contributed by atoms with Crippen molar-refractivity contribution in [1.82, 2.24) is 10.6 Å². The molecular formula is C12H18N4O2S2. The van der Waals surface area contributed by atoms with Gasteiger partial charge in [0.25, 0.3) is 0 Å². The van der Waals surface area contributed by atoms with Gasteiger partial charge in [-0.2, -0.15) is 0 Å². The van der Waals surface area contributed by atoms with Gasteiger partial charge < -0.3 is 30.7 Å². The van der Waals surface area contributed by atoms with E-state index in [0.29, 0.717) is 23.7 Å². The molecule has 0 fully saturated rings. The summed E-state index contributed by atoms with van der Waals surface area (Å²) < 4.78 is 9.78. The lowest BCUT2D eigenvalue weighted by Crippen LogP contribution is -2.32. The van der Waals surface area contributed by atoms with E-state index in [1.807, 2.05) is 24.3 Å². The van der Waals surface area contributed by atoms with Gasteiger partial charge in [0.05, 0.1) is 11.4 Å². The Morgan fingerprint density at radius 3 is 1.65 bits per heavy atom. The highest BCUT2D eigenvalue weighted by atomic mass is 32.1. The van der Waals surface area contributed by atoms with E-state index in [1.165, 1.54) is 0 Å². The van der Waals surface area contributed by atoms with Crippen LogP contribution in [0, 0.1) is 0 Å². The van der Waals surface area contributed by atoms with Crippen molar-refractivity contribution in [2.45, 2.75) is 0 Å². The van der Waals surface area contributed by atoms with E-state index in [4.69, 9.17) is 33.9 Å². The third-order valence-corrected chi connectivity index (χ3v) is 2.67. The first kappa shape index (κ1) is 16.6. The summed E-state index contributed by atoms with van der Waals surface area (Å²) in [7, 11) is 3.18. The van der Waals surface area contributed by atoms with Gasteiger partial charge in [-0.15, -0.1) is 0 Å². The van der Waals surface area contributed by atoms with E-state index >= 15 is 0 Å². The van der Waals surface area contributed by atoms with Gasteiger partial charge in [-0.3, -0.25) is 0 Å². The second-order valence-corrected chi connectivity index (χ2v) is 4.49. The minimum Gasteiger partial charge on any atom is -0.365 e. The summed E-state index contributed by atoms with van der Waals surface area (Å²) in [6.07, 6.45) is 0. The van der Waals surface area contributed by atoms with Crippen LogP contribution in [0.4, 0.5) is 11.4 Å². The van der Waals surface area contributed by atoms with Gasteiger partial charge in [-0.25, -0.2) is 0 Å². The Balaban J connectivity index is 2.63. The summed E-state index contributed by atoms with van der Waals surface area (Å²) in [4.78, 5) is 0. The maximum atomic E-state index is 5.15. The summed E-state index contributed by atoms with van der Waals surface area (Å²) in [6, 6.07) is 7.58. The monoisotopic (exact) mass is 314 g/mol. The number of nitrogens with one attached hydrogen (secondary N) is 4. The van der Waals surface area contributed by atoms with Gasteiger partial charge in [0.2, 0.25) is 0 Å². The maximum Gasteiger partial charge on any atom is 0.172 e. The highest BCUT2D eigenvalue weighted by Crippen LogP contribution is 2.20. The topological polar surface area (TPSA) is 66.6 Å². The number of ether oxygens (including phenoxy) is 2. The van der Waals surface area contributed by atoms with Crippen LogP contribution in [0.5, 0.6) is 0 Å². The molecule has 0 bridgehead atoms. The van der Waals surface area contributed by atoms with E-state index in [2.05, 4.69) is 21.3 Å². The van der Waals surface area contributed by atoms with Crippen molar-refractivity contribution in [3.05, 3.63) is 24.3 Å². The Labute approximate surface area is 129 Å². The Hall–Kier alpha value is -1.48. The number of methoxy groups -OCH3 is 2. The van der Waals surface area contributed by atoms with Crippen molar-refractivity contribution in [3.8, 4) is 0 Å². The van der Waals surface area contributed by atoms with Crippen LogP contribution < -0.4 is 21.3 Å². The number of hydrogen-bond acceptors (Lipinski definition) is 4. The second kappa shape index (κ2) is 9.43. The highest BCUT2D eigenvalue weighted by Gasteiger charge is 2.05. The normalized spacial score (nSPS) is 9.70. The Morgan fingerprint density at radius 1 is 0.900 bits per heavy atom. The molecule has 0 aliphatic heterocycles. The number of thiocarbonyl (C=S) groups is 2. The molecule has 0 unspecified atom stereocenters. The quantitative estimate of drug-likeness (QED) is 0.465. The first-order chi connectivity index (χ1) is 9.67. The molecule has 0 spiro atoms. The van der Waals surface area contributed by atoms with E-state index < -0.39 is 0 Å². The van der Waals surface area contributed by atoms with Gasteiger partial charge in [0, 0.05) is 14.2 Å². The number of benzene rings is 1. The summed E-state index contributed by atoms with van der Waals surface area (Å²) >= 11 is 10.3. The van der Waals surface area contributed by atoms with Gasteiger partial charge in [-0.1, -0.05) is 12.1 Å². The molecule has 1 rings (SSSR count). The number of hydrogen-bond donors (Lipinski definition) is 4. The predicted octanol–water partition coefficient (Wildman–Crippen LogP) is 1.47. The first-order valence-electron chi connectivity index (χ1n) is 5.84. The molecule has 0 heterocycles. The van der Waals surface area contributed by atoms with Crippen LogP contribution in [0.15, 0.2) is 24.3 Å². The third-order valence-electron chi connectivity index (χ3n) is 2.18. The zero-order valence-corrected chi connectivity index (χ0v) is 13.0. The van der Waals surface area contributed by atoms with Crippen LogP contribution in [0.3, 0.4) is 0 Å². The molecule has 0 radical (unpaired) electrons. The molecule has 1 aromatic rings. The summed E-state index contributed by atoms with van der Waals surface area (Å²) in [6.45, 7) is 0.685. The summed E-state index contributed by atoms with van der Waals surface area (Å²) in [5, 5.41) is 12.9. The SMILES string of the molecule is COCNC(=S)Nc1ccccc1NC(=S)NCOC. The van der Waals surface area contributed by atoms with Crippen molar-refractivity contribution < 1.29 is 9.47 Å². The lowest BCUT2D eigenvalue weighted by Gasteiger charge is -2.16. The van der Waals surface area contributed by atoms with Gasteiger partial charge >= 0.3 is 0 Å². The summed E-state index contributed by atoms with van der Waals surface area (Å²) in [5.41, 5.74) is 1.62. The molecule has 0 atom stereocenters. The molecule has 0 saturated heterocycles. The minimum atomic E-state index is 0.342. The predicted molar refractivity (Wildman–Crippen MR) is 88.9 cm³/mol. The van der Waals surface area contributed by atoms with E-state index in [-0.39, 0.29) is 0 Å². The van der Waals surface area contributed by atoms with Gasteiger partial charge in [0.1, 0.15) is 13.5 Å². The standard InChI is InChI=1S/C12H18N4O2S2/c1-17-7-13-11(19)15-9-5-3-4-6-10(9)16-12(20)14-8-18-2/h3-6H,7-8H2,1-2H3,(H2,13,15,19)(H2,14,16,20). The lowest BCUT2D eigenvalue weighted by atomic mass is 10.2. The molecule has 0 aliphatic carbocycles. The van der Waals surface area contributed by atoms with Crippen molar-refractivity contribution in [1.29, 1.82) is 0 Å². The van der Waals surface area contributed by atoms with Crippen molar-refractivity contribution in [2.75, 3.05) is 38.3 Å². The molecule has 0 aromatic heterocycles. The molecular weight excluding hydrogens is 296 g/mol. The average molecular weight is 314 g/mol. The Kier molecular flexibility index (Phi) is 7.81. The fourth-order valence-electron chi connectivity index (χ4n) is 1.31. The molecule has 0 aliphatic rings. The largest absolute Gasteiger partial charge is 0.365 e. The molecule has 20 heavy (non-hydrogen) atoms. The van der Waals surface area contributed by atoms with Gasteiger partial charge in [-0.05, 0) is 36.6 Å². The van der Waals surface area contributed by atoms with Crippen LogP contribution in [-0.2, 0) is 9.47 Å². The van der Waals surface area contributed by atoms with E-state index in [9.17, 15) is 0 Å². The minimum absolute atomic E-state index is 0.342. The maximum absolute atomic E-state index is 5.15. The van der Waals surface area contributed by atoms with Crippen LogP contribution in [0.25, 0.3) is 0 Å². The molecule has 110 valence electrons. The number of rotatable bonds is 6. The Bertz CT molecular complexity index is 416. The number of anilines is 2. The van der Waals surface area contributed by atoms with Crippen LogP contribution in [-0.4, -0.2) is 37.9 Å². The average Bonchev–Trinajstić information content (AvgIpc) is 2.45. The van der Waals surface area contributed by atoms with Crippen LogP contribution in [0.1, 0.15) is 0 Å². The number of para-hydroxylation sites is 2. The van der Waals surface area contributed by atoms with Gasteiger partial charge in [0.15, 0.2) is 10.2 Å². The molecule has 0 amide bonds. The van der Waals surface area contributed by atoms with Crippen molar-refractivity contribution >= 4 is 46.0 Å². The molecule has 4 N–H and O–H groups in total. The van der Waals surface area contributed by atoms with Crippen molar-refractivity contribution in [2.24, 2.45) is 0 Å². The fraction of sp³-hybridized carbons (Fsp3) is 0.333. The third kappa shape index (κ3) is 6.11. The smallest absolute Gasteiger partial charge is 0.172 e. The molecule has 0 saturated carbocycles. The Morgan fingerprint density at radius 2 is 1.30 bits per heavy atom. The zero-order chi connectivity index (χ0) is 14.8. The zero-order valence-electron chi connectivity index (χ0n) is 11.4. The van der Waals surface area contributed by atoms with Crippen LogP contribution >= 0.6 is 24.4 Å². The lowest BCUT2D eigenvalue weighted by molar-refractivity contribution is 0.192. The summed E-state index contributed by atoms with van der Waals surface area (Å²) in [5.74, 6) is 0. The molecule has 8 heteroatoms. The van der Waals surface area contributed by atoms with E-state index in [0.717, 1.165) is 11.4 Å². The first-order valence-corrected chi connectivity index (χ1v) is 6.65. The van der Waals surface area contributed by atoms with Crippen molar-refractivity contribution in [3.63, 3.8) is 0 Å². The second-order valence-electron chi connectivity index (χ2n) is 3.67. The highest BCUT2D eigenvalue weighted by molar-refractivity contribution is 7.80. The van der Waals surface area contributed by atoms with Crippen LogP contribution in [0.2, 0.25) is 0 Å². The fourth-order valence-corrected chi connectivity index (χ4v) is 1.65.